The summed E-state index contributed by atoms with van der Waals surface area (Å²) >= 11 is 0. The highest BCUT2D eigenvalue weighted by atomic mass is 19.1. The van der Waals surface area contributed by atoms with E-state index in [4.69, 9.17) is 4.74 Å². The molecule has 2 rings (SSSR count). The van der Waals surface area contributed by atoms with E-state index < -0.39 is 0 Å². The minimum absolute atomic E-state index is 0.216. The molecule has 0 amide bonds. The Balaban J connectivity index is 1.94. The molecule has 1 saturated heterocycles. The molecule has 1 N–H and O–H groups in total. The number of piperidine rings is 1. The average Bonchev–Trinajstić information content (AvgIpc) is 2.45. The lowest BCUT2D eigenvalue weighted by Gasteiger charge is -2.33. The maximum atomic E-state index is 13.1. The number of halogens is 1. The van der Waals surface area contributed by atoms with E-state index in [1.54, 1.807) is 6.07 Å². The lowest BCUT2D eigenvalue weighted by atomic mass is 10.0. The van der Waals surface area contributed by atoms with Crippen molar-refractivity contribution in [3.8, 4) is 0 Å². The summed E-state index contributed by atoms with van der Waals surface area (Å²) in [7, 11) is 1.40. The summed E-state index contributed by atoms with van der Waals surface area (Å²) in [6.45, 7) is 1.31. The van der Waals surface area contributed by atoms with Crippen molar-refractivity contribution >= 4 is 5.97 Å². The minimum atomic E-state index is -0.248. The van der Waals surface area contributed by atoms with Gasteiger partial charge in [0.05, 0.1) is 7.11 Å². The van der Waals surface area contributed by atoms with Gasteiger partial charge in [-0.25, -0.2) is 14.8 Å². The molecule has 5 heteroatoms. The first-order chi connectivity index (χ1) is 9.20. The van der Waals surface area contributed by atoms with Gasteiger partial charge in [-0.2, -0.15) is 0 Å². The highest BCUT2D eigenvalue weighted by Gasteiger charge is 2.29. The number of ether oxygens (including phenoxy) is 1. The van der Waals surface area contributed by atoms with Crippen molar-refractivity contribution in [2.75, 3.05) is 13.7 Å². The van der Waals surface area contributed by atoms with Crippen LogP contribution < -0.4 is 5.43 Å². The molecule has 1 aromatic rings. The van der Waals surface area contributed by atoms with Gasteiger partial charge in [0, 0.05) is 13.1 Å². The van der Waals surface area contributed by atoms with Crippen molar-refractivity contribution < 1.29 is 13.9 Å². The number of esters is 1. The Morgan fingerprint density at radius 2 is 2.37 bits per heavy atom. The van der Waals surface area contributed by atoms with Crippen LogP contribution in [-0.2, 0) is 16.1 Å². The van der Waals surface area contributed by atoms with E-state index in [-0.39, 0.29) is 17.8 Å². The fourth-order valence-electron chi connectivity index (χ4n) is 2.34. The first-order valence-corrected chi connectivity index (χ1v) is 6.53. The first kappa shape index (κ1) is 14.0. The Morgan fingerprint density at radius 3 is 3.11 bits per heavy atom. The second-order valence-electron chi connectivity index (χ2n) is 4.69. The summed E-state index contributed by atoms with van der Waals surface area (Å²) < 4.78 is 17.9. The molecular weight excluding hydrogens is 247 g/mol. The van der Waals surface area contributed by atoms with Crippen LogP contribution in [-0.4, -0.2) is 30.7 Å². The molecule has 0 radical (unpaired) electrons. The Bertz CT molecular complexity index is 439. The van der Waals surface area contributed by atoms with Crippen LogP contribution in [0.2, 0.25) is 0 Å². The molecule has 104 valence electrons. The van der Waals surface area contributed by atoms with Gasteiger partial charge in [-0.3, -0.25) is 4.79 Å². The van der Waals surface area contributed by atoms with Gasteiger partial charge in [0.15, 0.2) is 0 Å². The smallest absolute Gasteiger partial charge is 0.324 e. The Kier molecular flexibility index (Phi) is 4.87. The van der Waals surface area contributed by atoms with Crippen molar-refractivity contribution in [2.45, 2.75) is 31.8 Å². The molecule has 1 aromatic carbocycles. The van der Waals surface area contributed by atoms with Gasteiger partial charge < -0.3 is 4.74 Å². The Labute approximate surface area is 112 Å². The van der Waals surface area contributed by atoms with Crippen LogP contribution in [0.25, 0.3) is 0 Å². The Morgan fingerprint density at radius 1 is 1.53 bits per heavy atom. The van der Waals surface area contributed by atoms with Crippen LogP contribution in [0.1, 0.15) is 24.8 Å². The van der Waals surface area contributed by atoms with Crippen LogP contribution in [0.3, 0.4) is 0 Å². The lowest BCUT2D eigenvalue weighted by molar-refractivity contribution is -0.150. The topological polar surface area (TPSA) is 41.6 Å². The molecule has 1 heterocycles. The predicted molar refractivity (Wildman–Crippen MR) is 69.6 cm³/mol. The second-order valence-corrected chi connectivity index (χ2v) is 4.69. The maximum Gasteiger partial charge on any atom is 0.324 e. The second kappa shape index (κ2) is 6.63. The molecule has 1 aliphatic rings. The quantitative estimate of drug-likeness (QED) is 0.845. The molecule has 1 atom stereocenters. The number of rotatable bonds is 4. The Hall–Kier alpha value is -1.46. The first-order valence-electron chi connectivity index (χ1n) is 6.53. The predicted octanol–water partition coefficient (Wildman–Crippen LogP) is 1.86. The van der Waals surface area contributed by atoms with Gasteiger partial charge in [0.25, 0.3) is 0 Å². The van der Waals surface area contributed by atoms with Gasteiger partial charge in [-0.05, 0) is 37.0 Å². The van der Waals surface area contributed by atoms with Crippen LogP contribution >= 0.6 is 0 Å². The highest BCUT2D eigenvalue weighted by Crippen LogP contribution is 2.16. The van der Waals surface area contributed by atoms with E-state index in [9.17, 15) is 9.18 Å². The molecule has 1 fully saturated rings. The molecule has 1 aliphatic heterocycles. The van der Waals surface area contributed by atoms with Crippen LogP contribution in [0, 0.1) is 5.82 Å². The fraction of sp³-hybridized carbons (Fsp3) is 0.500. The molecule has 19 heavy (non-hydrogen) atoms. The number of benzene rings is 1. The number of nitrogens with one attached hydrogen (secondary N) is 1. The van der Waals surface area contributed by atoms with Crippen molar-refractivity contribution in [2.24, 2.45) is 0 Å². The highest BCUT2D eigenvalue weighted by molar-refractivity contribution is 5.75. The third kappa shape index (κ3) is 3.75. The van der Waals surface area contributed by atoms with Crippen molar-refractivity contribution in [3.63, 3.8) is 0 Å². The normalized spacial score (nSPS) is 20.2. The zero-order valence-corrected chi connectivity index (χ0v) is 11.1. The summed E-state index contributed by atoms with van der Waals surface area (Å²) in [4.78, 5) is 11.7. The van der Waals surface area contributed by atoms with Crippen LogP contribution in [0.15, 0.2) is 24.3 Å². The largest absolute Gasteiger partial charge is 0.468 e. The third-order valence-corrected chi connectivity index (χ3v) is 3.35. The van der Waals surface area contributed by atoms with Crippen molar-refractivity contribution in [1.29, 1.82) is 0 Å². The molecule has 0 unspecified atom stereocenters. The summed E-state index contributed by atoms with van der Waals surface area (Å²) in [5.74, 6) is -0.464. The number of hydrogen-bond donors (Lipinski definition) is 1. The summed E-state index contributed by atoms with van der Waals surface area (Å²) in [5.41, 5.74) is 4.05. The molecule has 0 saturated carbocycles. The zero-order valence-electron chi connectivity index (χ0n) is 11.1. The standard InChI is InChI=1S/C14H19FN2O2/c1-19-14(18)13-7-2-3-8-17(13)16-10-11-5-4-6-12(15)9-11/h4-6,9,13,16H,2-3,7-8,10H2,1H3/t13-/m0/s1. The SMILES string of the molecule is COC(=O)[C@@H]1CCCCN1NCc1cccc(F)c1. The van der Waals surface area contributed by atoms with Gasteiger partial charge in [-0.15, -0.1) is 0 Å². The molecule has 0 spiro atoms. The van der Waals surface area contributed by atoms with Gasteiger partial charge in [0.2, 0.25) is 0 Å². The minimum Gasteiger partial charge on any atom is -0.468 e. The average molecular weight is 266 g/mol. The number of hydrogen-bond acceptors (Lipinski definition) is 4. The van der Waals surface area contributed by atoms with E-state index in [1.165, 1.54) is 19.2 Å². The summed E-state index contributed by atoms with van der Waals surface area (Å²) in [5, 5.41) is 1.90. The summed E-state index contributed by atoms with van der Waals surface area (Å²) in [6, 6.07) is 6.20. The fourth-order valence-corrected chi connectivity index (χ4v) is 2.34. The van der Waals surface area contributed by atoms with E-state index in [0.29, 0.717) is 6.54 Å². The number of carbonyl (C=O) groups excluding carboxylic acids is 1. The van der Waals surface area contributed by atoms with Crippen LogP contribution in [0.4, 0.5) is 4.39 Å². The molecular formula is C14H19FN2O2. The van der Waals surface area contributed by atoms with Crippen LogP contribution in [0.5, 0.6) is 0 Å². The molecule has 0 aliphatic carbocycles. The third-order valence-electron chi connectivity index (χ3n) is 3.35. The monoisotopic (exact) mass is 266 g/mol. The van der Waals surface area contributed by atoms with E-state index in [0.717, 1.165) is 31.4 Å². The number of nitrogens with zero attached hydrogens (tertiary/aromatic N) is 1. The summed E-state index contributed by atoms with van der Waals surface area (Å²) in [6.07, 6.45) is 2.87. The van der Waals surface area contributed by atoms with Gasteiger partial charge in [0.1, 0.15) is 11.9 Å². The van der Waals surface area contributed by atoms with E-state index in [2.05, 4.69) is 5.43 Å². The number of hydrazine groups is 1. The van der Waals surface area contributed by atoms with Gasteiger partial charge >= 0.3 is 5.97 Å². The van der Waals surface area contributed by atoms with Gasteiger partial charge in [-0.1, -0.05) is 12.1 Å². The maximum absolute atomic E-state index is 13.1. The van der Waals surface area contributed by atoms with Crippen molar-refractivity contribution in [1.82, 2.24) is 10.4 Å². The lowest BCUT2D eigenvalue weighted by Crippen LogP contribution is -2.52. The number of methoxy groups -OCH3 is 1. The number of carbonyl (C=O) groups is 1. The molecule has 0 aromatic heterocycles. The zero-order chi connectivity index (χ0) is 13.7. The van der Waals surface area contributed by atoms with E-state index in [1.807, 2.05) is 11.1 Å². The molecule has 0 bridgehead atoms. The van der Waals surface area contributed by atoms with E-state index >= 15 is 0 Å². The van der Waals surface area contributed by atoms with Crippen molar-refractivity contribution in [3.05, 3.63) is 35.6 Å². The molecule has 4 nitrogen and oxygen atoms in total.